The number of unbranched alkanes of at least 4 members (excludes halogenated alkanes) is 1. The van der Waals surface area contributed by atoms with E-state index >= 15 is 0 Å². The molecule has 162 valence electrons. The Balaban J connectivity index is 2.14. The Labute approximate surface area is 184 Å². The number of hydrogen-bond donors (Lipinski definition) is 1. The molecule has 5 nitrogen and oxygen atoms in total. The molecule has 1 N–H and O–H groups in total. The molecule has 0 aliphatic heterocycles. The van der Waals surface area contributed by atoms with Gasteiger partial charge in [0.2, 0.25) is 5.91 Å². The predicted molar refractivity (Wildman–Crippen MR) is 121 cm³/mol. The smallest absolute Gasteiger partial charge is 0.261 e. The molecule has 0 bridgehead atoms. The van der Waals surface area contributed by atoms with Crippen molar-refractivity contribution in [2.45, 2.75) is 53.1 Å². The molecule has 2 aromatic rings. The maximum atomic E-state index is 13.0. The predicted octanol–water partition coefficient (Wildman–Crippen LogP) is 4.67. The molecule has 0 radical (unpaired) electrons. The summed E-state index contributed by atoms with van der Waals surface area (Å²) >= 11 is 6.30. The van der Waals surface area contributed by atoms with Gasteiger partial charge < -0.3 is 15.0 Å². The summed E-state index contributed by atoms with van der Waals surface area (Å²) in [5.74, 6) is 0.172. The van der Waals surface area contributed by atoms with Gasteiger partial charge in [0.25, 0.3) is 5.91 Å². The number of carbonyl (C=O) groups excluding carboxylic acids is 2. The first-order chi connectivity index (χ1) is 14.3. The molecule has 0 saturated carbocycles. The van der Waals surface area contributed by atoms with Gasteiger partial charge in [-0.2, -0.15) is 0 Å². The Hall–Kier alpha value is -2.53. The van der Waals surface area contributed by atoms with Crippen LogP contribution in [0.5, 0.6) is 5.75 Å². The van der Waals surface area contributed by atoms with Gasteiger partial charge in [-0.05, 0) is 62.1 Å². The summed E-state index contributed by atoms with van der Waals surface area (Å²) in [6, 6.07) is 12.4. The highest BCUT2D eigenvalue weighted by Gasteiger charge is 2.27. The Morgan fingerprint density at radius 2 is 1.87 bits per heavy atom. The van der Waals surface area contributed by atoms with Gasteiger partial charge >= 0.3 is 0 Å². The van der Waals surface area contributed by atoms with E-state index in [9.17, 15) is 9.59 Å². The number of ether oxygens (including phenoxy) is 1. The molecule has 0 aliphatic carbocycles. The topological polar surface area (TPSA) is 58.6 Å². The van der Waals surface area contributed by atoms with Gasteiger partial charge in [0, 0.05) is 18.1 Å². The summed E-state index contributed by atoms with van der Waals surface area (Å²) in [5, 5.41) is 3.46. The Kier molecular flexibility index (Phi) is 9.18. The van der Waals surface area contributed by atoms with Crippen molar-refractivity contribution in [3.05, 3.63) is 64.2 Å². The molecule has 1 atom stereocenters. The fourth-order valence-corrected chi connectivity index (χ4v) is 3.16. The zero-order valence-corrected chi connectivity index (χ0v) is 19.0. The molecule has 0 aromatic heterocycles. The van der Waals surface area contributed by atoms with Crippen LogP contribution in [0.4, 0.5) is 0 Å². The van der Waals surface area contributed by atoms with E-state index in [1.807, 2.05) is 50.2 Å². The largest absolute Gasteiger partial charge is 0.484 e. The zero-order valence-electron chi connectivity index (χ0n) is 18.2. The molecule has 0 fully saturated rings. The number of nitrogens with one attached hydrogen (secondary N) is 1. The van der Waals surface area contributed by atoms with Crippen molar-refractivity contribution in [2.24, 2.45) is 0 Å². The standard InChI is InChI=1S/C24H31ClN2O3/c1-5-6-13-26-24(29)19(4)27(15-20-9-7-8-10-22(20)25)23(28)16-30-21-12-11-17(2)18(3)14-21/h7-12,14,19H,5-6,13,15-16H2,1-4H3,(H,26,29)/t19-/m1/s1. The van der Waals surface area contributed by atoms with Crippen molar-refractivity contribution in [1.29, 1.82) is 0 Å². The van der Waals surface area contributed by atoms with E-state index in [1.54, 1.807) is 13.0 Å². The molecule has 30 heavy (non-hydrogen) atoms. The molecule has 0 spiro atoms. The second kappa shape index (κ2) is 11.6. The lowest BCUT2D eigenvalue weighted by molar-refractivity contribution is -0.142. The van der Waals surface area contributed by atoms with Crippen molar-refractivity contribution in [3.63, 3.8) is 0 Å². The minimum atomic E-state index is -0.644. The van der Waals surface area contributed by atoms with Crippen LogP contribution < -0.4 is 10.1 Å². The van der Waals surface area contributed by atoms with E-state index < -0.39 is 6.04 Å². The van der Waals surface area contributed by atoms with Crippen LogP contribution in [-0.4, -0.2) is 35.9 Å². The van der Waals surface area contributed by atoms with E-state index in [1.165, 1.54) is 4.90 Å². The minimum Gasteiger partial charge on any atom is -0.484 e. The van der Waals surface area contributed by atoms with E-state index in [4.69, 9.17) is 16.3 Å². The molecule has 2 rings (SSSR count). The third kappa shape index (κ3) is 6.77. The maximum Gasteiger partial charge on any atom is 0.261 e. The summed E-state index contributed by atoms with van der Waals surface area (Å²) in [5.41, 5.74) is 3.04. The molecule has 0 aliphatic rings. The lowest BCUT2D eigenvalue weighted by atomic mass is 10.1. The van der Waals surface area contributed by atoms with Crippen LogP contribution >= 0.6 is 11.6 Å². The quantitative estimate of drug-likeness (QED) is 0.557. The number of carbonyl (C=O) groups is 2. The van der Waals surface area contributed by atoms with Gasteiger partial charge in [-0.1, -0.05) is 49.2 Å². The molecular weight excluding hydrogens is 400 g/mol. The van der Waals surface area contributed by atoms with Crippen LogP contribution in [0.3, 0.4) is 0 Å². The third-order valence-corrected chi connectivity index (χ3v) is 5.50. The van der Waals surface area contributed by atoms with Gasteiger partial charge in [0.15, 0.2) is 6.61 Å². The summed E-state index contributed by atoms with van der Waals surface area (Å²) in [7, 11) is 0. The normalized spacial score (nSPS) is 11.6. The van der Waals surface area contributed by atoms with Gasteiger partial charge in [-0.25, -0.2) is 0 Å². The second-order valence-electron chi connectivity index (χ2n) is 7.47. The van der Waals surface area contributed by atoms with Gasteiger partial charge in [0.05, 0.1) is 0 Å². The van der Waals surface area contributed by atoms with E-state index in [0.29, 0.717) is 17.3 Å². The highest BCUT2D eigenvalue weighted by atomic mass is 35.5. The monoisotopic (exact) mass is 430 g/mol. The van der Waals surface area contributed by atoms with E-state index in [0.717, 1.165) is 29.5 Å². The number of hydrogen-bond acceptors (Lipinski definition) is 3. The van der Waals surface area contributed by atoms with Crippen LogP contribution in [0.2, 0.25) is 5.02 Å². The van der Waals surface area contributed by atoms with Crippen LogP contribution in [0.25, 0.3) is 0 Å². The van der Waals surface area contributed by atoms with Gasteiger partial charge in [-0.3, -0.25) is 9.59 Å². The van der Waals surface area contributed by atoms with Gasteiger partial charge in [0.1, 0.15) is 11.8 Å². The molecular formula is C24H31ClN2O3. The Bertz CT molecular complexity index is 869. The SMILES string of the molecule is CCCCNC(=O)[C@@H](C)N(Cc1ccccc1Cl)C(=O)COc1ccc(C)c(C)c1. The zero-order chi connectivity index (χ0) is 22.1. The van der Waals surface area contributed by atoms with E-state index in [-0.39, 0.29) is 25.0 Å². The van der Waals surface area contributed by atoms with Crippen molar-refractivity contribution in [3.8, 4) is 5.75 Å². The number of nitrogens with zero attached hydrogens (tertiary/aromatic N) is 1. The maximum absolute atomic E-state index is 13.0. The highest BCUT2D eigenvalue weighted by Crippen LogP contribution is 2.20. The first kappa shape index (κ1) is 23.7. The number of benzene rings is 2. The van der Waals surface area contributed by atoms with Crippen molar-refractivity contribution in [1.82, 2.24) is 10.2 Å². The molecule has 0 saturated heterocycles. The number of amides is 2. The molecule has 6 heteroatoms. The van der Waals surface area contributed by atoms with Crippen LogP contribution in [-0.2, 0) is 16.1 Å². The van der Waals surface area contributed by atoms with Crippen molar-refractivity contribution in [2.75, 3.05) is 13.2 Å². The molecule has 2 amide bonds. The fraction of sp³-hybridized carbons (Fsp3) is 0.417. The summed E-state index contributed by atoms with van der Waals surface area (Å²) in [6.45, 7) is 8.48. The first-order valence-corrected chi connectivity index (χ1v) is 10.7. The third-order valence-electron chi connectivity index (χ3n) is 5.14. The van der Waals surface area contributed by atoms with E-state index in [2.05, 4.69) is 12.2 Å². The van der Waals surface area contributed by atoms with Crippen molar-refractivity contribution < 1.29 is 14.3 Å². The Morgan fingerprint density at radius 3 is 2.53 bits per heavy atom. The second-order valence-corrected chi connectivity index (χ2v) is 7.88. The fourth-order valence-electron chi connectivity index (χ4n) is 2.96. The van der Waals surface area contributed by atoms with Crippen LogP contribution in [0.1, 0.15) is 43.4 Å². The number of rotatable bonds is 10. The number of halogens is 1. The summed E-state index contributed by atoms with van der Waals surface area (Å²) < 4.78 is 5.73. The average Bonchev–Trinajstić information content (AvgIpc) is 2.73. The lowest BCUT2D eigenvalue weighted by Crippen LogP contribution is -2.49. The Morgan fingerprint density at radius 1 is 1.13 bits per heavy atom. The molecule has 0 unspecified atom stereocenters. The van der Waals surface area contributed by atoms with Crippen molar-refractivity contribution >= 4 is 23.4 Å². The highest BCUT2D eigenvalue weighted by molar-refractivity contribution is 6.31. The average molecular weight is 431 g/mol. The first-order valence-electron chi connectivity index (χ1n) is 10.3. The van der Waals surface area contributed by atoms with Gasteiger partial charge in [-0.15, -0.1) is 0 Å². The minimum absolute atomic E-state index is 0.153. The number of aryl methyl sites for hydroxylation is 2. The molecule has 0 heterocycles. The van der Waals surface area contributed by atoms with Crippen LogP contribution in [0.15, 0.2) is 42.5 Å². The molecule has 2 aromatic carbocycles. The lowest BCUT2D eigenvalue weighted by Gasteiger charge is -2.29. The van der Waals surface area contributed by atoms with Crippen LogP contribution in [0, 0.1) is 13.8 Å². The summed E-state index contributed by atoms with van der Waals surface area (Å²) in [4.78, 5) is 27.2. The summed E-state index contributed by atoms with van der Waals surface area (Å²) in [6.07, 6.45) is 1.88.